The predicted octanol–water partition coefficient (Wildman–Crippen LogP) is 4.85. The SMILES string of the molecule is C=C(C)C.C=C(C)C.c1ccccc1. The van der Waals surface area contributed by atoms with Gasteiger partial charge in [-0.1, -0.05) is 47.5 Å². The van der Waals surface area contributed by atoms with Gasteiger partial charge in [0.25, 0.3) is 0 Å². The summed E-state index contributed by atoms with van der Waals surface area (Å²) in [4.78, 5) is 0. The molecule has 1 aromatic carbocycles. The Morgan fingerprint density at radius 1 is 0.571 bits per heavy atom. The van der Waals surface area contributed by atoms with Crippen molar-refractivity contribution in [3.05, 3.63) is 60.7 Å². The highest BCUT2D eigenvalue weighted by Crippen LogP contribution is 1.79. The molecule has 0 aliphatic heterocycles. The van der Waals surface area contributed by atoms with Crippen molar-refractivity contribution in [3.63, 3.8) is 0 Å². The molecule has 0 N–H and O–H groups in total. The zero-order valence-corrected chi connectivity index (χ0v) is 9.88. The first-order valence-corrected chi connectivity index (χ1v) is 4.71. The molecule has 14 heavy (non-hydrogen) atoms. The van der Waals surface area contributed by atoms with E-state index in [-0.39, 0.29) is 0 Å². The highest BCUT2D eigenvalue weighted by atomic mass is 13.6. The Morgan fingerprint density at radius 3 is 0.714 bits per heavy atom. The van der Waals surface area contributed by atoms with E-state index in [9.17, 15) is 0 Å². The smallest absolute Gasteiger partial charge is 0.0445 e. The minimum absolute atomic E-state index is 1.17. The summed E-state index contributed by atoms with van der Waals surface area (Å²) in [5.74, 6) is 0. The number of allylic oxidation sites excluding steroid dienone is 2. The zero-order chi connectivity index (χ0) is 11.4. The lowest BCUT2D eigenvalue weighted by Crippen LogP contribution is -1.47. The molecule has 0 bridgehead atoms. The van der Waals surface area contributed by atoms with Crippen LogP contribution >= 0.6 is 0 Å². The minimum atomic E-state index is 1.17. The number of rotatable bonds is 0. The normalized spacial score (nSPS) is 7.14. The molecule has 1 aromatic rings. The summed E-state index contributed by atoms with van der Waals surface area (Å²) in [5.41, 5.74) is 2.33. The van der Waals surface area contributed by atoms with Crippen LogP contribution < -0.4 is 0 Å². The van der Waals surface area contributed by atoms with Crippen molar-refractivity contribution in [2.45, 2.75) is 27.7 Å². The van der Waals surface area contributed by atoms with Gasteiger partial charge in [-0.2, -0.15) is 0 Å². The van der Waals surface area contributed by atoms with Gasteiger partial charge in [-0.15, -0.1) is 13.2 Å². The van der Waals surface area contributed by atoms with Crippen molar-refractivity contribution in [2.75, 3.05) is 0 Å². The average molecular weight is 190 g/mol. The first kappa shape index (κ1) is 15.2. The zero-order valence-electron chi connectivity index (χ0n) is 9.88. The molecule has 0 heterocycles. The molecule has 0 heteroatoms. The van der Waals surface area contributed by atoms with E-state index in [1.807, 2.05) is 64.1 Å². The van der Waals surface area contributed by atoms with Gasteiger partial charge in [0.05, 0.1) is 0 Å². The third kappa shape index (κ3) is 45.6. The highest BCUT2D eigenvalue weighted by Gasteiger charge is 1.57. The minimum Gasteiger partial charge on any atom is -0.100 e. The monoisotopic (exact) mass is 190 g/mol. The maximum atomic E-state index is 3.56. The van der Waals surface area contributed by atoms with Crippen LogP contribution in [0, 0.1) is 0 Å². The Morgan fingerprint density at radius 2 is 0.643 bits per heavy atom. The van der Waals surface area contributed by atoms with Gasteiger partial charge < -0.3 is 0 Å². The molecule has 0 aromatic heterocycles. The topological polar surface area (TPSA) is 0 Å². The summed E-state index contributed by atoms with van der Waals surface area (Å²) in [6.45, 7) is 15.0. The molecule has 0 fully saturated rings. The van der Waals surface area contributed by atoms with E-state index < -0.39 is 0 Å². The Balaban J connectivity index is 0. The first-order valence-electron chi connectivity index (χ1n) is 4.71. The predicted molar refractivity (Wildman–Crippen MR) is 67.4 cm³/mol. The van der Waals surface area contributed by atoms with Crippen molar-refractivity contribution in [2.24, 2.45) is 0 Å². The molecule has 0 aliphatic carbocycles. The molecule has 0 amide bonds. The van der Waals surface area contributed by atoms with E-state index in [4.69, 9.17) is 0 Å². The van der Waals surface area contributed by atoms with Gasteiger partial charge in [0, 0.05) is 0 Å². The van der Waals surface area contributed by atoms with Gasteiger partial charge in [-0.05, 0) is 27.7 Å². The van der Waals surface area contributed by atoms with Crippen LogP contribution in [0.1, 0.15) is 27.7 Å². The van der Waals surface area contributed by atoms with Crippen LogP contribution in [0.4, 0.5) is 0 Å². The van der Waals surface area contributed by atoms with Gasteiger partial charge in [-0.3, -0.25) is 0 Å². The fourth-order valence-electron chi connectivity index (χ4n) is 0.385. The van der Waals surface area contributed by atoms with E-state index in [0.717, 1.165) is 0 Å². The number of benzene rings is 1. The number of hydrogen-bond acceptors (Lipinski definition) is 0. The number of hydrogen-bond donors (Lipinski definition) is 0. The van der Waals surface area contributed by atoms with Crippen molar-refractivity contribution < 1.29 is 0 Å². The van der Waals surface area contributed by atoms with Crippen molar-refractivity contribution in [1.29, 1.82) is 0 Å². The van der Waals surface area contributed by atoms with E-state index in [1.54, 1.807) is 0 Å². The molecule has 0 saturated heterocycles. The Hall–Kier alpha value is -1.30. The van der Waals surface area contributed by atoms with E-state index in [0.29, 0.717) is 0 Å². The second-order valence-corrected chi connectivity index (χ2v) is 3.57. The average Bonchev–Trinajstić information content (AvgIpc) is 2.05. The van der Waals surface area contributed by atoms with Crippen LogP contribution in [-0.4, -0.2) is 0 Å². The quantitative estimate of drug-likeness (QED) is 0.513. The fraction of sp³-hybridized carbons (Fsp3) is 0.286. The van der Waals surface area contributed by atoms with E-state index in [2.05, 4.69) is 13.2 Å². The summed E-state index contributed by atoms with van der Waals surface area (Å²) in [6.07, 6.45) is 0. The highest BCUT2D eigenvalue weighted by molar-refractivity contribution is 4.99. The summed E-state index contributed by atoms with van der Waals surface area (Å²) in [6, 6.07) is 12.0. The van der Waals surface area contributed by atoms with Crippen molar-refractivity contribution in [3.8, 4) is 0 Å². The molecule has 1 rings (SSSR count). The molecule has 78 valence electrons. The second kappa shape index (κ2) is 11.7. The van der Waals surface area contributed by atoms with Crippen LogP contribution in [0.5, 0.6) is 0 Å². The Bertz CT molecular complexity index is 185. The van der Waals surface area contributed by atoms with Crippen molar-refractivity contribution >= 4 is 0 Å². The fourth-order valence-corrected chi connectivity index (χ4v) is 0.385. The summed E-state index contributed by atoms with van der Waals surface area (Å²) < 4.78 is 0. The molecule has 0 unspecified atom stereocenters. The maximum absolute atomic E-state index is 3.56. The van der Waals surface area contributed by atoms with Gasteiger partial charge in [-0.25, -0.2) is 0 Å². The maximum Gasteiger partial charge on any atom is -0.0445 e. The summed E-state index contributed by atoms with van der Waals surface area (Å²) >= 11 is 0. The molecule has 0 radical (unpaired) electrons. The third-order valence-corrected chi connectivity index (χ3v) is 0.667. The second-order valence-electron chi connectivity index (χ2n) is 3.57. The molecular formula is C14H22. The largest absolute Gasteiger partial charge is 0.100 e. The van der Waals surface area contributed by atoms with Crippen LogP contribution in [-0.2, 0) is 0 Å². The lowest BCUT2D eigenvalue weighted by Gasteiger charge is -1.69. The Kier molecular flexibility index (Phi) is 12.7. The summed E-state index contributed by atoms with van der Waals surface area (Å²) in [5, 5.41) is 0. The first-order chi connectivity index (χ1) is 6.46. The van der Waals surface area contributed by atoms with Crippen molar-refractivity contribution in [1.82, 2.24) is 0 Å². The van der Waals surface area contributed by atoms with Crippen LogP contribution in [0.2, 0.25) is 0 Å². The molecule has 0 saturated carbocycles. The lowest BCUT2D eigenvalue weighted by atomic mass is 10.4. The third-order valence-electron chi connectivity index (χ3n) is 0.667. The van der Waals surface area contributed by atoms with Crippen LogP contribution in [0.15, 0.2) is 60.7 Å². The molecule has 0 nitrogen and oxygen atoms in total. The van der Waals surface area contributed by atoms with E-state index in [1.165, 1.54) is 11.1 Å². The standard InChI is InChI=1S/C6H6.2C4H8/c1-2-4-6-5-3-1;2*1-4(2)3/h1-6H;2*1H2,2-3H3. The molecular weight excluding hydrogens is 168 g/mol. The molecule has 0 spiro atoms. The van der Waals surface area contributed by atoms with Gasteiger partial charge in [0.1, 0.15) is 0 Å². The molecule has 0 aliphatic rings. The van der Waals surface area contributed by atoms with Gasteiger partial charge in [0.15, 0.2) is 0 Å². The van der Waals surface area contributed by atoms with Crippen LogP contribution in [0.25, 0.3) is 0 Å². The summed E-state index contributed by atoms with van der Waals surface area (Å²) in [7, 11) is 0. The van der Waals surface area contributed by atoms with Gasteiger partial charge in [0.2, 0.25) is 0 Å². The lowest BCUT2D eigenvalue weighted by molar-refractivity contribution is 1.42. The Labute approximate surface area is 89.0 Å². The van der Waals surface area contributed by atoms with Gasteiger partial charge >= 0.3 is 0 Å². The van der Waals surface area contributed by atoms with E-state index >= 15 is 0 Å². The molecule has 0 atom stereocenters. The van der Waals surface area contributed by atoms with Crippen LogP contribution in [0.3, 0.4) is 0 Å².